The van der Waals surface area contributed by atoms with Gasteiger partial charge >= 0.3 is 0 Å². The standard InChI is InChI=1S/C15H19ClN2OS/c1-18(11-13-6-7-15(16)20-13)8-9-19-14-5-3-2-4-12(14)10-17/h2-7H,8-11,17H2,1H3. The zero-order valence-corrected chi connectivity index (χ0v) is 13.1. The van der Waals surface area contributed by atoms with E-state index in [1.807, 2.05) is 30.3 Å². The highest BCUT2D eigenvalue weighted by molar-refractivity contribution is 7.16. The van der Waals surface area contributed by atoms with E-state index in [1.54, 1.807) is 11.3 Å². The van der Waals surface area contributed by atoms with Gasteiger partial charge in [0, 0.05) is 30.1 Å². The molecule has 0 aliphatic rings. The maximum absolute atomic E-state index is 5.93. The summed E-state index contributed by atoms with van der Waals surface area (Å²) in [5.41, 5.74) is 6.73. The summed E-state index contributed by atoms with van der Waals surface area (Å²) < 4.78 is 6.63. The molecule has 2 rings (SSSR count). The van der Waals surface area contributed by atoms with Crippen LogP contribution in [0.4, 0.5) is 0 Å². The number of hydrogen-bond donors (Lipinski definition) is 1. The molecule has 0 fully saturated rings. The zero-order chi connectivity index (χ0) is 14.4. The highest BCUT2D eigenvalue weighted by Crippen LogP contribution is 2.22. The first-order valence-electron chi connectivity index (χ1n) is 6.52. The molecule has 2 aromatic rings. The lowest BCUT2D eigenvalue weighted by Gasteiger charge is -2.17. The second kappa shape index (κ2) is 7.64. The molecule has 0 amide bonds. The normalized spacial score (nSPS) is 11.0. The van der Waals surface area contributed by atoms with Crippen molar-refractivity contribution in [3.63, 3.8) is 0 Å². The molecule has 0 bridgehead atoms. The average molecular weight is 311 g/mol. The average Bonchev–Trinajstić information content (AvgIpc) is 2.84. The number of ether oxygens (including phenoxy) is 1. The SMILES string of the molecule is CN(CCOc1ccccc1CN)Cc1ccc(Cl)s1. The molecule has 3 nitrogen and oxygen atoms in total. The van der Waals surface area contributed by atoms with Crippen LogP contribution in [0, 0.1) is 0 Å². The van der Waals surface area contributed by atoms with Gasteiger partial charge in [-0.05, 0) is 25.2 Å². The largest absolute Gasteiger partial charge is 0.492 e. The van der Waals surface area contributed by atoms with Gasteiger partial charge in [-0.3, -0.25) is 4.90 Å². The van der Waals surface area contributed by atoms with Gasteiger partial charge in [0.25, 0.3) is 0 Å². The Morgan fingerprint density at radius 1 is 1.25 bits per heavy atom. The molecule has 1 aromatic carbocycles. The van der Waals surface area contributed by atoms with Crippen LogP contribution in [0.25, 0.3) is 0 Å². The first-order valence-corrected chi connectivity index (χ1v) is 7.72. The number of hydrogen-bond acceptors (Lipinski definition) is 4. The molecule has 0 unspecified atom stereocenters. The van der Waals surface area contributed by atoms with Gasteiger partial charge in [0.05, 0.1) is 4.34 Å². The van der Waals surface area contributed by atoms with Crippen molar-refractivity contribution in [3.8, 4) is 5.75 Å². The third-order valence-corrected chi connectivity index (χ3v) is 4.19. The fraction of sp³-hybridized carbons (Fsp3) is 0.333. The molecular formula is C15H19ClN2OS. The van der Waals surface area contributed by atoms with E-state index in [1.165, 1.54) is 4.88 Å². The minimum absolute atomic E-state index is 0.500. The molecule has 108 valence electrons. The van der Waals surface area contributed by atoms with Crippen LogP contribution >= 0.6 is 22.9 Å². The van der Waals surface area contributed by atoms with Crippen molar-refractivity contribution in [3.05, 3.63) is 51.2 Å². The third kappa shape index (κ3) is 4.49. The molecule has 0 saturated heterocycles. The van der Waals surface area contributed by atoms with Gasteiger partial charge in [0.1, 0.15) is 12.4 Å². The Bertz CT molecular complexity index is 544. The number of para-hydroxylation sites is 1. The van der Waals surface area contributed by atoms with Crippen LogP contribution < -0.4 is 10.5 Å². The Kier molecular flexibility index (Phi) is 5.86. The van der Waals surface area contributed by atoms with Crippen LogP contribution in [0.2, 0.25) is 4.34 Å². The molecular weight excluding hydrogens is 292 g/mol. The first kappa shape index (κ1) is 15.3. The van der Waals surface area contributed by atoms with Crippen molar-refractivity contribution in [1.29, 1.82) is 0 Å². The Morgan fingerprint density at radius 2 is 2.05 bits per heavy atom. The van der Waals surface area contributed by atoms with Crippen molar-refractivity contribution in [2.24, 2.45) is 5.73 Å². The van der Waals surface area contributed by atoms with Crippen molar-refractivity contribution in [2.45, 2.75) is 13.1 Å². The second-order valence-electron chi connectivity index (χ2n) is 4.60. The Labute approximate surface area is 128 Å². The van der Waals surface area contributed by atoms with Crippen LogP contribution in [0.15, 0.2) is 36.4 Å². The van der Waals surface area contributed by atoms with Crippen LogP contribution in [-0.2, 0) is 13.1 Å². The van der Waals surface area contributed by atoms with Gasteiger partial charge in [-0.1, -0.05) is 29.8 Å². The quantitative estimate of drug-likeness (QED) is 0.852. The van der Waals surface area contributed by atoms with E-state index in [0.29, 0.717) is 13.2 Å². The van der Waals surface area contributed by atoms with Crippen LogP contribution in [0.1, 0.15) is 10.4 Å². The number of thiophene rings is 1. The molecule has 0 aliphatic heterocycles. The second-order valence-corrected chi connectivity index (χ2v) is 6.40. The van der Waals surface area contributed by atoms with E-state index in [4.69, 9.17) is 22.1 Å². The van der Waals surface area contributed by atoms with Gasteiger partial charge in [0.2, 0.25) is 0 Å². The summed E-state index contributed by atoms with van der Waals surface area (Å²) in [5, 5.41) is 0. The smallest absolute Gasteiger partial charge is 0.123 e. The summed E-state index contributed by atoms with van der Waals surface area (Å²) in [6.07, 6.45) is 0. The van der Waals surface area contributed by atoms with Crippen LogP contribution in [-0.4, -0.2) is 25.1 Å². The maximum Gasteiger partial charge on any atom is 0.123 e. The topological polar surface area (TPSA) is 38.5 Å². The fourth-order valence-electron chi connectivity index (χ4n) is 1.91. The predicted octanol–water partition coefficient (Wildman–Crippen LogP) is 3.37. The molecule has 0 atom stereocenters. The highest BCUT2D eigenvalue weighted by Gasteiger charge is 2.05. The summed E-state index contributed by atoms with van der Waals surface area (Å²) in [4.78, 5) is 3.48. The molecule has 5 heteroatoms. The van der Waals surface area contributed by atoms with Crippen molar-refractivity contribution >= 4 is 22.9 Å². The number of benzene rings is 1. The van der Waals surface area contributed by atoms with Gasteiger partial charge in [-0.2, -0.15) is 0 Å². The Morgan fingerprint density at radius 3 is 2.75 bits per heavy atom. The van der Waals surface area contributed by atoms with E-state index < -0.39 is 0 Å². The maximum atomic E-state index is 5.93. The van der Waals surface area contributed by atoms with Crippen molar-refractivity contribution in [1.82, 2.24) is 4.90 Å². The predicted molar refractivity (Wildman–Crippen MR) is 85.5 cm³/mol. The monoisotopic (exact) mass is 310 g/mol. The molecule has 1 heterocycles. The number of likely N-dealkylation sites (N-methyl/N-ethyl adjacent to an activating group) is 1. The Balaban J connectivity index is 1.77. The van der Waals surface area contributed by atoms with E-state index in [0.717, 1.165) is 28.7 Å². The minimum Gasteiger partial charge on any atom is -0.492 e. The lowest BCUT2D eigenvalue weighted by atomic mass is 10.2. The first-order chi connectivity index (χ1) is 9.69. The van der Waals surface area contributed by atoms with Gasteiger partial charge in [-0.25, -0.2) is 0 Å². The minimum atomic E-state index is 0.500. The summed E-state index contributed by atoms with van der Waals surface area (Å²) in [7, 11) is 2.08. The van der Waals surface area contributed by atoms with E-state index in [9.17, 15) is 0 Å². The number of nitrogens with zero attached hydrogens (tertiary/aromatic N) is 1. The van der Waals surface area contributed by atoms with Crippen LogP contribution in [0.5, 0.6) is 5.75 Å². The van der Waals surface area contributed by atoms with Crippen molar-refractivity contribution in [2.75, 3.05) is 20.2 Å². The molecule has 0 saturated carbocycles. The Hall–Kier alpha value is -1.07. The summed E-state index contributed by atoms with van der Waals surface area (Å²) in [6.45, 7) is 2.89. The number of halogens is 1. The lowest BCUT2D eigenvalue weighted by Crippen LogP contribution is -2.23. The molecule has 2 N–H and O–H groups in total. The molecule has 1 aromatic heterocycles. The fourth-order valence-corrected chi connectivity index (χ4v) is 3.07. The number of rotatable bonds is 7. The summed E-state index contributed by atoms with van der Waals surface area (Å²) >= 11 is 7.54. The van der Waals surface area contributed by atoms with E-state index >= 15 is 0 Å². The molecule has 20 heavy (non-hydrogen) atoms. The van der Waals surface area contributed by atoms with Crippen molar-refractivity contribution < 1.29 is 4.74 Å². The molecule has 0 aliphatic carbocycles. The number of nitrogens with two attached hydrogens (primary N) is 1. The summed E-state index contributed by atoms with van der Waals surface area (Å²) in [6, 6.07) is 11.9. The lowest BCUT2D eigenvalue weighted by molar-refractivity contribution is 0.232. The van der Waals surface area contributed by atoms with E-state index in [2.05, 4.69) is 18.0 Å². The summed E-state index contributed by atoms with van der Waals surface area (Å²) in [5.74, 6) is 0.877. The molecule has 0 spiro atoms. The van der Waals surface area contributed by atoms with Gasteiger partial charge in [0.15, 0.2) is 0 Å². The third-order valence-electron chi connectivity index (χ3n) is 2.98. The van der Waals surface area contributed by atoms with Gasteiger partial charge in [-0.15, -0.1) is 11.3 Å². The van der Waals surface area contributed by atoms with Gasteiger partial charge < -0.3 is 10.5 Å². The van der Waals surface area contributed by atoms with E-state index in [-0.39, 0.29) is 0 Å². The molecule has 0 radical (unpaired) electrons. The highest BCUT2D eigenvalue weighted by atomic mass is 35.5. The van der Waals surface area contributed by atoms with Crippen LogP contribution in [0.3, 0.4) is 0 Å². The zero-order valence-electron chi connectivity index (χ0n) is 11.5.